The van der Waals surface area contributed by atoms with Crippen LogP contribution in [-0.2, 0) is 16.6 Å². The molecule has 0 atom stereocenters. The maximum absolute atomic E-state index is 11.3. The van der Waals surface area contributed by atoms with Crippen molar-refractivity contribution in [3.8, 4) is 11.5 Å². The molecule has 1 rings (SSSR count). The van der Waals surface area contributed by atoms with E-state index in [0.29, 0.717) is 5.75 Å². The van der Waals surface area contributed by atoms with Crippen LogP contribution in [-0.4, -0.2) is 13.1 Å². The number of ether oxygens (including phenoxy) is 2. The fourth-order valence-electron chi connectivity index (χ4n) is 3.31. The van der Waals surface area contributed by atoms with Gasteiger partial charge in [-0.25, -0.2) is 0 Å². The van der Waals surface area contributed by atoms with E-state index in [0.717, 1.165) is 29.7 Å². The topological polar surface area (TPSA) is 35.5 Å². The van der Waals surface area contributed by atoms with Gasteiger partial charge in [0.15, 0.2) is 0 Å². The van der Waals surface area contributed by atoms with Gasteiger partial charge in [-0.15, -0.1) is 0 Å². The maximum Gasteiger partial charge on any atom is 0.308 e. The van der Waals surface area contributed by atoms with Crippen molar-refractivity contribution in [3.63, 3.8) is 0 Å². The Bertz CT molecular complexity index is 536. The molecule has 0 aliphatic heterocycles. The van der Waals surface area contributed by atoms with E-state index in [1.807, 2.05) is 12.1 Å². The molecule has 1 aromatic rings. The van der Waals surface area contributed by atoms with Gasteiger partial charge >= 0.3 is 5.97 Å². The minimum absolute atomic E-state index is 0.0797. The molecule has 0 heterocycles. The normalized spacial score (nSPS) is 12.2. The molecular formula is C19H30O3. The average molecular weight is 306 g/mol. The number of carbonyl (C=O) groups is 1. The van der Waals surface area contributed by atoms with Gasteiger partial charge in [0, 0.05) is 12.5 Å². The van der Waals surface area contributed by atoms with Crippen molar-refractivity contribution in [1.29, 1.82) is 0 Å². The second-order valence-electron chi connectivity index (χ2n) is 7.73. The molecule has 0 N–H and O–H groups in total. The van der Waals surface area contributed by atoms with Gasteiger partial charge in [-0.2, -0.15) is 0 Å². The Balaban J connectivity index is 3.44. The summed E-state index contributed by atoms with van der Waals surface area (Å²) in [5.41, 5.74) is 2.28. The molecule has 0 aliphatic carbocycles. The third-order valence-electron chi connectivity index (χ3n) is 3.69. The molecule has 0 amide bonds. The predicted molar refractivity (Wildman–Crippen MR) is 90.8 cm³/mol. The monoisotopic (exact) mass is 306 g/mol. The molecule has 3 nitrogen and oxygen atoms in total. The molecule has 0 unspecified atom stereocenters. The molecule has 1 aromatic carbocycles. The van der Waals surface area contributed by atoms with Crippen LogP contribution in [0.3, 0.4) is 0 Å². The van der Waals surface area contributed by atoms with Crippen LogP contribution >= 0.6 is 0 Å². The highest BCUT2D eigenvalue weighted by atomic mass is 16.5. The molecule has 0 spiro atoms. The summed E-state index contributed by atoms with van der Waals surface area (Å²) >= 11 is 0. The van der Waals surface area contributed by atoms with E-state index in [-0.39, 0.29) is 16.8 Å². The number of rotatable bonds is 5. The number of esters is 1. The second kappa shape index (κ2) is 6.72. The van der Waals surface area contributed by atoms with Crippen molar-refractivity contribution >= 4 is 5.97 Å². The Morgan fingerprint density at radius 1 is 1.14 bits per heavy atom. The predicted octanol–water partition coefficient (Wildman–Crippen LogP) is 4.90. The van der Waals surface area contributed by atoms with Crippen LogP contribution in [0, 0.1) is 5.41 Å². The van der Waals surface area contributed by atoms with Crippen LogP contribution in [0.4, 0.5) is 0 Å². The van der Waals surface area contributed by atoms with E-state index >= 15 is 0 Å². The molecular weight excluding hydrogens is 276 g/mol. The zero-order valence-corrected chi connectivity index (χ0v) is 15.3. The van der Waals surface area contributed by atoms with E-state index in [4.69, 9.17) is 9.47 Å². The summed E-state index contributed by atoms with van der Waals surface area (Å²) in [4.78, 5) is 11.3. The van der Waals surface area contributed by atoms with Crippen molar-refractivity contribution in [2.45, 2.75) is 66.7 Å². The molecule has 0 saturated heterocycles. The van der Waals surface area contributed by atoms with Gasteiger partial charge < -0.3 is 9.47 Å². The Hall–Kier alpha value is -1.51. The molecule has 0 aliphatic rings. The van der Waals surface area contributed by atoms with Gasteiger partial charge in [0.2, 0.25) is 0 Å². The summed E-state index contributed by atoms with van der Waals surface area (Å²) < 4.78 is 11.0. The highest BCUT2D eigenvalue weighted by molar-refractivity contribution is 5.70. The highest BCUT2D eigenvalue weighted by Gasteiger charge is 2.31. The Morgan fingerprint density at radius 3 is 2.14 bits per heavy atom. The molecule has 0 saturated carbocycles. The van der Waals surface area contributed by atoms with Gasteiger partial charge in [-0.3, -0.25) is 4.79 Å². The van der Waals surface area contributed by atoms with Gasteiger partial charge in [0.1, 0.15) is 11.5 Å². The van der Waals surface area contributed by atoms with Crippen molar-refractivity contribution in [3.05, 3.63) is 23.3 Å². The van der Waals surface area contributed by atoms with Crippen molar-refractivity contribution in [2.24, 2.45) is 5.41 Å². The van der Waals surface area contributed by atoms with Crippen LogP contribution in [0.15, 0.2) is 12.1 Å². The maximum atomic E-state index is 11.3. The quantitative estimate of drug-likeness (QED) is 0.573. The molecule has 3 heteroatoms. The smallest absolute Gasteiger partial charge is 0.308 e. The van der Waals surface area contributed by atoms with Gasteiger partial charge in [-0.05, 0) is 41.4 Å². The first kappa shape index (κ1) is 18.5. The van der Waals surface area contributed by atoms with Crippen LogP contribution in [0.25, 0.3) is 0 Å². The molecule has 0 radical (unpaired) electrons. The van der Waals surface area contributed by atoms with E-state index in [1.54, 1.807) is 7.11 Å². The zero-order valence-electron chi connectivity index (χ0n) is 15.3. The number of benzene rings is 1. The summed E-state index contributed by atoms with van der Waals surface area (Å²) in [6.45, 7) is 14.6. The summed E-state index contributed by atoms with van der Waals surface area (Å²) in [6, 6.07) is 3.85. The number of methoxy groups -OCH3 is 1. The van der Waals surface area contributed by atoms with Crippen molar-refractivity contribution in [2.75, 3.05) is 7.11 Å². The largest absolute Gasteiger partial charge is 0.496 e. The van der Waals surface area contributed by atoms with Gasteiger partial charge in [-0.1, -0.05) is 41.5 Å². The first-order chi connectivity index (χ1) is 10.00. The standard InChI is InChI=1S/C19H30O3/c1-9-14-10-15(22-13(2)20)11-16(17(14)21-8)19(6,7)12-18(3,4)5/h10-11H,9,12H2,1-8H3. The zero-order chi connectivity index (χ0) is 17.1. The van der Waals surface area contributed by atoms with E-state index in [2.05, 4.69) is 41.5 Å². The highest BCUT2D eigenvalue weighted by Crippen LogP contribution is 2.43. The van der Waals surface area contributed by atoms with Crippen molar-refractivity contribution in [1.82, 2.24) is 0 Å². The molecule has 22 heavy (non-hydrogen) atoms. The Labute approximate surface area is 135 Å². The average Bonchev–Trinajstić information content (AvgIpc) is 2.34. The molecule has 0 aromatic heterocycles. The van der Waals surface area contributed by atoms with Gasteiger partial charge in [0.25, 0.3) is 0 Å². The summed E-state index contributed by atoms with van der Waals surface area (Å²) in [7, 11) is 1.71. The minimum Gasteiger partial charge on any atom is -0.496 e. The lowest BCUT2D eigenvalue weighted by atomic mass is 9.71. The summed E-state index contributed by atoms with van der Waals surface area (Å²) in [5.74, 6) is 1.21. The van der Waals surface area contributed by atoms with Gasteiger partial charge in [0.05, 0.1) is 7.11 Å². The van der Waals surface area contributed by atoms with Crippen LogP contribution in [0.2, 0.25) is 0 Å². The van der Waals surface area contributed by atoms with Crippen LogP contribution in [0.1, 0.15) is 66.0 Å². The molecule has 0 bridgehead atoms. The third-order valence-corrected chi connectivity index (χ3v) is 3.69. The lowest BCUT2D eigenvalue weighted by Crippen LogP contribution is -2.26. The SMILES string of the molecule is CCc1cc(OC(C)=O)cc(C(C)(C)CC(C)(C)C)c1OC. The summed E-state index contributed by atoms with van der Waals surface area (Å²) in [6.07, 6.45) is 1.83. The molecule has 124 valence electrons. The fourth-order valence-corrected chi connectivity index (χ4v) is 3.31. The summed E-state index contributed by atoms with van der Waals surface area (Å²) in [5, 5.41) is 0. The first-order valence-corrected chi connectivity index (χ1v) is 7.90. The number of carbonyl (C=O) groups excluding carboxylic acids is 1. The number of hydrogen-bond donors (Lipinski definition) is 0. The minimum atomic E-state index is -0.299. The van der Waals surface area contributed by atoms with Crippen LogP contribution < -0.4 is 9.47 Å². The lowest BCUT2D eigenvalue weighted by Gasteiger charge is -2.34. The van der Waals surface area contributed by atoms with Crippen molar-refractivity contribution < 1.29 is 14.3 Å². The van der Waals surface area contributed by atoms with E-state index in [9.17, 15) is 4.79 Å². The Kier molecular flexibility index (Phi) is 5.66. The fraction of sp³-hybridized carbons (Fsp3) is 0.632. The van der Waals surface area contributed by atoms with E-state index in [1.165, 1.54) is 6.92 Å². The molecule has 0 fully saturated rings. The van der Waals surface area contributed by atoms with E-state index < -0.39 is 0 Å². The lowest BCUT2D eigenvalue weighted by molar-refractivity contribution is -0.131. The first-order valence-electron chi connectivity index (χ1n) is 7.90. The number of hydrogen-bond acceptors (Lipinski definition) is 3. The Morgan fingerprint density at radius 2 is 1.73 bits per heavy atom. The third kappa shape index (κ3) is 4.75. The second-order valence-corrected chi connectivity index (χ2v) is 7.73. The number of aryl methyl sites for hydroxylation is 1. The van der Waals surface area contributed by atoms with Crippen LogP contribution in [0.5, 0.6) is 11.5 Å².